The fourth-order valence-electron chi connectivity index (χ4n) is 5.08. The number of aliphatic hydroxyl groups is 1. The van der Waals surface area contributed by atoms with E-state index < -0.39 is 80.2 Å². The molecule has 1 aliphatic rings. The molecule has 41 heavy (non-hydrogen) atoms. The quantitative estimate of drug-likeness (QED) is 0.234. The molecular weight excluding hydrogens is 591 g/mol. The summed E-state index contributed by atoms with van der Waals surface area (Å²) in [4.78, 5) is -0.368. The maximum Gasteiger partial charge on any atom is 0.430 e. The number of rotatable bonds is 7. The molecule has 1 N–H and O–H groups in total. The molecule has 1 fully saturated rings. The predicted molar refractivity (Wildman–Crippen MR) is 126 cm³/mol. The number of ether oxygens (including phenoxy) is 1. The highest BCUT2D eigenvalue weighted by molar-refractivity contribution is 7.92. The molecule has 14 heteroatoms. The van der Waals surface area contributed by atoms with Gasteiger partial charge in [-0.25, -0.2) is 21.6 Å². The van der Waals surface area contributed by atoms with Crippen LogP contribution in [0.3, 0.4) is 0 Å². The molecule has 0 spiro atoms. The molecular formula is C27H21F9O4S. The third-order valence-corrected chi connectivity index (χ3v) is 9.72. The van der Waals surface area contributed by atoms with Crippen molar-refractivity contribution in [2.45, 2.75) is 59.6 Å². The molecule has 3 aromatic rings. The van der Waals surface area contributed by atoms with Crippen molar-refractivity contribution in [3.8, 4) is 0 Å². The van der Waals surface area contributed by atoms with Gasteiger partial charge < -0.3 is 9.84 Å². The van der Waals surface area contributed by atoms with Crippen LogP contribution < -0.4 is 0 Å². The molecule has 2 atom stereocenters. The standard InChI is InChI=1S/C27H21F9O4S/c28-18-8-10-20(11-9-18)41(38,39)24(13-12-19(37)14-24)16-4-6-17(7-5-16)25(26(31,32)33,27(34,35)36)40-15-21-22(29)2-1-3-23(21)30/h1-11,19,37H,12-15H2/t19-,24-/m0/s1. The van der Waals surface area contributed by atoms with Crippen molar-refractivity contribution in [2.75, 3.05) is 0 Å². The fraction of sp³-hybridized carbons (Fsp3) is 0.333. The summed E-state index contributed by atoms with van der Waals surface area (Å²) >= 11 is 0. The van der Waals surface area contributed by atoms with Crippen molar-refractivity contribution in [1.82, 2.24) is 0 Å². The second-order valence-corrected chi connectivity index (χ2v) is 11.9. The zero-order valence-corrected chi connectivity index (χ0v) is 21.6. The van der Waals surface area contributed by atoms with Gasteiger partial charge in [-0.2, -0.15) is 26.3 Å². The first-order valence-corrected chi connectivity index (χ1v) is 13.4. The molecule has 0 saturated heterocycles. The molecule has 4 nitrogen and oxygen atoms in total. The van der Waals surface area contributed by atoms with Crippen LogP contribution in [-0.2, 0) is 31.5 Å². The lowest BCUT2D eigenvalue weighted by molar-refractivity contribution is -0.392. The van der Waals surface area contributed by atoms with Crippen LogP contribution in [0.2, 0.25) is 0 Å². The van der Waals surface area contributed by atoms with Gasteiger partial charge in [-0.05, 0) is 61.2 Å². The number of hydrogen-bond donors (Lipinski definition) is 1. The average molecular weight is 613 g/mol. The highest BCUT2D eigenvalue weighted by atomic mass is 32.2. The molecule has 3 aromatic carbocycles. The van der Waals surface area contributed by atoms with Crippen LogP contribution in [0.15, 0.2) is 71.6 Å². The highest BCUT2D eigenvalue weighted by Gasteiger charge is 2.73. The first-order chi connectivity index (χ1) is 19.0. The molecule has 0 bridgehead atoms. The number of benzene rings is 3. The maximum atomic E-state index is 14.2. The van der Waals surface area contributed by atoms with E-state index in [1.54, 1.807) is 0 Å². The summed E-state index contributed by atoms with van der Waals surface area (Å²) in [6.07, 6.45) is -14.2. The van der Waals surface area contributed by atoms with Gasteiger partial charge in [0.25, 0.3) is 5.60 Å². The zero-order chi connectivity index (χ0) is 30.4. The van der Waals surface area contributed by atoms with E-state index in [4.69, 9.17) is 0 Å². The van der Waals surface area contributed by atoms with Gasteiger partial charge in [-0.3, -0.25) is 0 Å². The lowest BCUT2D eigenvalue weighted by Gasteiger charge is -2.38. The number of hydrogen-bond acceptors (Lipinski definition) is 4. The Hall–Kier alpha value is -3.10. The minimum absolute atomic E-state index is 0.0471. The molecule has 0 aliphatic heterocycles. The normalized spacial score (nSPS) is 20.4. The SMILES string of the molecule is O=S(=O)(c1ccc(F)cc1)[C@@]1(c2ccc(C(OCc3c(F)cccc3F)(C(F)(F)F)C(F)(F)F)cc2)CC[C@H](O)C1. The van der Waals surface area contributed by atoms with Gasteiger partial charge in [0.15, 0.2) is 9.84 Å². The number of halogens is 9. The first-order valence-electron chi connectivity index (χ1n) is 12.0. The molecule has 222 valence electrons. The largest absolute Gasteiger partial charge is 0.430 e. The van der Waals surface area contributed by atoms with Crippen molar-refractivity contribution < 1.29 is 57.8 Å². The van der Waals surface area contributed by atoms with Gasteiger partial charge in [0.05, 0.1) is 17.6 Å². The van der Waals surface area contributed by atoms with Gasteiger partial charge in [0, 0.05) is 11.1 Å². The third kappa shape index (κ3) is 5.21. The Bertz CT molecular complexity index is 1470. The van der Waals surface area contributed by atoms with Crippen LogP contribution in [0.4, 0.5) is 39.5 Å². The Morgan fingerprint density at radius 3 is 1.83 bits per heavy atom. The predicted octanol–water partition coefficient (Wildman–Crippen LogP) is 6.85. The van der Waals surface area contributed by atoms with E-state index in [1.807, 2.05) is 0 Å². The lowest BCUT2D eigenvalue weighted by atomic mass is 9.88. The van der Waals surface area contributed by atoms with Crippen molar-refractivity contribution in [3.05, 3.63) is 101 Å². The van der Waals surface area contributed by atoms with Gasteiger partial charge in [-0.15, -0.1) is 0 Å². The van der Waals surface area contributed by atoms with E-state index in [9.17, 15) is 53.0 Å². The monoisotopic (exact) mass is 612 g/mol. The van der Waals surface area contributed by atoms with Crippen LogP contribution in [0, 0.1) is 17.5 Å². The van der Waals surface area contributed by atoms with E-state index in [-0.39, 0.29) is 23.3 Å². The summed E-state index contributed by atoms with van der Waals surface area (Å²) in [6, 6.07) is 8.02. The molecule has 0 aromatic heterocycles. The smallest absolute Gasteiger partial charge is 0.393 e. The Kier molecular flexibility index (Phi) is 8.00. The Morgan fingerprint density at radius 2 is 1.37 bits per heavy atom. The van der Waals surface area contributed by atoms with Crippen LogP contribution >= 0.6 is 0 Å². The average Bonchev–Trinajstić information content (AvgIpc) is 3.28. The van der Waals surface area contributed by atoms with E-state index in [1.165, 1.54) is 0 Å². The summed E-state index contributed by atoms with van der Waals surface area (Å²) in [6.45, 7) is -1.74. The van der Waals surface area contributed by atoms with E-state index in [0.717, 1.165) is 42.5 Å². The van der Waals surface area contributed by atoms with Gasteiger partial charge in [0.1, 0.15) is 22.2 Å². The third-order valence-electron chi connectivity index (χ3n) is 7.20. The summed E-state index contributed by atoms with van der Waals surface area (Å²) in [7, 11) is -4.45. The summed E-state index contributed by atoms with van der Waals surface area (Å²) in [5, 5.41) is 10.2. The highest BCUT2D eigenvalue weighted by Crippen LogP contribution is 2.54. The van der Waals surface area contributed by atoms with Crippen molar-refractivity contribution >= 4 is 9.84 Å². The van der Waals surface area contributed by atoms with Gasteiger partial charge in [-0.1, -0.05) is 30.3 Å². The molecule has 0 amide bonds. The summed E-state index contributed by atoms with van der Waals surface area (Å²) in [5.41, 5.74) is -7.96. The van der Waals surface area contributed by atoms with E-state index in [2.05, 4.69) is 4.74 Å². The van der Waals surface area contributed by atoms with Gasteiger partial charge in [0.2, 0.25) is 0 Å². The van der Waals surface area contributed by atoms with Crippen molar-refractivity contribution in [3.63, 3.8) is 0 Å². The minimum atomic E-state index is -6.18. The molecule has 4 rings (SSSR count). The van der Waals surface area contributed by atoms with E-state index >= 15 is 0 Å². The van der Waals surface area contributed by atoms with Crippen LogP contribution in [-0.4, -0.2) is 32.0 Å². The van der Waals surface area contributed by atoms with Crippen LogP contribution in [0.1, 0.15) is 36.0 Å². The summed E-state index contributed by atoms with van der Waals surface area (Å²) < 4.78 is 157. The topological polar surface area (TPSA) is 63.6 Å². The summed E-state index contributed by atoms with van der Waals surface area (Å²) in [5.74, 6) is -3.60. The van der Waals surface area contributed by atoms with Crippen LogP contribution in [0.25, 0.3) is 0 Å². The maximum absolute atomic E-state index is 14.2. The molecule has 0 heterocycles. The Labute approximate surface area is 228 Å². The van der Waals surface area contributed by atoms with Gasteiger partial charge >= 0.3 is 12.4 Å². The molecule has 0 unspecified atom stereocenters. The first kappa shape index (κ1) is 30.8. The number of sulfone groups is 1. The fourth-order valence-corrected chi connectivity index (χ4v) is 7.27. The second-order valence-electron chi connectivity index (χ2n) is 9.59. The van der Waals surface area contributed by atoms with Crippen molar-refractivity contribution in [2.24, 2.45) is 0 Å². The zero-order valence-electron chi connectivity index (χ0n) is 20.7. The van der Waals surface area contributed by atoms with Crippen LogP contribution in [0.5, 0.6) is 0 Å². The second kappa shape index (κ2) is 10.6. The molecule has 1 saturated carbocycles. The minimum Gasteiger partial charge on any atom is -0.393 e. The Balaban J connectivity index is 1.83. The van der Waals surface area contributed by atoms with Crippen molar-refractivity contribution in [1.29, 1.82) is 0 Å². The Morgan fingerprint density at radius 1 is 0.829 bits per heavy atom. The molecule has 1 aliphatic carbocycles. The number of aliphatic hydroxyl groups excluding tert-OH is 1. The van der Waals surface area contributed by atoms with E-state index in [0.29, 0.717) is 24.3 Å². The lowest BCUT2D eigenvalue weighted by Crippen LogP contribution is -2.56. The number of alkyl halides is 6. The molecule has 0 radical (unpaired) electrons.